The van der Waals surface area contributed by atoms with Gasteiger partial charge in [0, 0.05) is 21.9 Å². The maximum atomic E-state index is 2.50. The van der Waals surface area contributed by atoms with Gasteiger partial charge >= 0.3 is 0 Å². The molecule has 0 bridgehead atoms. The van der Waals surface area contributed by atoms with Crippen molar-refractivity contribution in [2.75, 3.05) is 0 Å². The van der Waals surface area contributed by atoms with Crippen LogP contribution < -0.4 is 10.4 Å². The highest BCUT2D eigenvalue weighted by Crippen LogP contribution is 2.51. The molecule has 0 radical (unpaired) electrons. The normalized spacial score (nSPS) is 15.0. The number of hydrogen-bond donors (Lipinski definition) is 0. The third-order valence-corrected chi connectivity index (χ3v) is 15.9. The van der Waals surface area contributed by atoms with Gasteiger partial charge in [0.05, 0.1) is 11.0 Å². The standard InChI is InChI=1S/C49H37NSi/c1-49(2)42-14-8-5-13-39(42)48-40-27-31-17-21-35(26-34(31)25-33(40)19-23-43(48)49)50-44-15-9-6-11-36(44)41-28-30(20-24-45(41)50)32-18-22-38-37-12-7-10-16-46(37)51(3,4)47(38)29-32/h5-29H,1-4H3. The molecule has 0 N–H and O–H groups in total. The van der Waals surface area contributed by atoms with E-state index in [-0.39, 0.29) is 5.41 Å². The van der Waals surface area contributed by atoms with E-state index in [0.29, 0.717) is 0 Å². The van der Waals surface area contributed by atoms with E-state index in [9.17, 15) is 0 Å². The maximum Gasteiger partial charge on any atom is 0.113 e. The predicted molar refractivity (Wildman–Crippen MR) is 221 cm³/mol. The number of nitrogens with zero attached hydrogens (tertiary/aromatic N) is 1. The summed E-state index contributed by atoms with van der Waals surface area (Å²) < 4.78 is 2.45. The summed E-state index contributed by atoms with van der Waals surface area (Å²) in [6.07, 6.45) is 0. The fourth-order valence-corrected chi connectivity index (χ4v) is 12.8. The van der Waals surface area contributed by atoms with E-state index in [0.717, 1.165) is 0 Å². The van der Waals surface area contributed by atoms with Crippen molar-refractivity contribution in [3.05, 3.63) is 163 Å². The minimum atomic E-state index is -1.75. The first kappa shape index (κ1) is 29.1. The van der Waals surface area contributed by atoms with Gasteiger partial charge in [-0.1, -0.05) is 136 Å². The third kappa shape index (κ3) is 3.86. The molecule has 242 valence electrons. The fourth-order valence-electron chi connectivity index (χ4n) is 9.71. The first-order valence-corrected chi connectivity index (χ1v) is 21.2. The summed E-state index contributed by atoms with van der Waals surface area (Å²) in [5.41, 5.74) is 14.7. The van der Waals surface area contributed by atoms with Crippen LogP contribution in [0, 0.1) is 0 Å². The summed E-state index contributed by atoms with van der Waals surface area (Å²) in [6, 6.07) is 57.6. The van der Waals surface area contributed by atoms with Gasteiger partial charge in [-0.15, -0.1) is 0 Å². The Morgan fingerprint density at radius 1 is 0.451 bits per heavy atom. The molecule has 1 nitrogen and oxygen atoms in total. The van der Waals surface area contributed by atoms with Crippen LogP contribution in [0.3, 0.4) is 0 Å². The van der Waals surface area contributed by atoms with E-state index in [1.165, 1.54) is 93.5 Å². The van der Waals surface area contributed by atoms with Crippen molar-refractivity contribution in [1.82, 2.24) is 4.57 Å². The van der Waals surface area contributed by atoms with Crippen molar-refractivity contribution >= 4 is 61.8 Å². The Hall–Kier alpha value is -5.70. The summed E-state index contributed by atoms with van der Waals surface area (Å²) >= 11 is 0. The highest BCUT2D eigenvalue weighted by molar-refractivity contribution is 7.03. The molecule has 2 heterocycles. The van der Waals surface area contributed by atoms with Gasteiger partial charge in [0.15, 0.2) is 0 Å². The molecule has 11 rings (SSSR count). The summed E-state index contributed by atoms with van der Waals surface area (Å²) in [6.45, 7) is 9.71. The Bertz CT molecular complexity index is 2970. The lowest BCUT2D eigenvalue weighted by Crippen LogP contribution is -2.49. The number of fused-ring (bicyclic) bond motifs is 12. The van der Waals surface area contributed by atoms with Gasteiger partial charge in [-0.05, 0) is 119 Å². The minimum Gasteiger partial charge on any atom is -0.309 e. The molecule has 0 spiro atoms. The average molecular weight is 668 g/mol. The molecular weight excluding hydrogens is 631 g/mol. The number of rotatable bonds is 2. The van der Waals surface area contributed by atoms with E-state index in [1.807, 2.05) is 0 Å². The molecule has 1 aliphatic carbocycles. The molecule has 0 unspecified atom stereocenters. The molecular formula is C49H37NSi. The van der Waals surface area contributed by atoms with Crippen molar-refractivity contribution in [2.45, 2.75) is 32.4 Å². The molecule has 1 aromatic heterocycles. The Balaban J connectivity index is 1.06. The van der Waals surface area contributed by atoms with Crippen LogP contribution in [0.1, 0.15) is 25.0 Å². The van der Waals surface area contributed by atoms with Gasteiger partial charge in [-0.2, -0.15) is 0 Å². The van der Waals surface area contributed by atoms with Crippen molar-refractivity contribution in [3.8, 4) is 39.1 Å². The smallest absolute Gasteiger partial charge is 0.113 e. The van der Waals surface area contributed by atoms with Crippen LogP contribution in [0.15, 0.2) is 152 Å². The molecule has 2 heteroatoms. The molecule has 0 saturated carbocycles. The van der Waals surface area contributed by atoms with Gasteiger partial charge in [0.2, 0.25) is 0 Å². The SMILES string of the molecule is CC1(C)c2ccccc2-c2c1ccc1cc3cc(-n4c5ccccc5c5cc(-c6ccc7c(c6)[Si](C)(C)c6ccccc6-7)ccc54)ccc3cc21. The van der Waals surface area contributed by atoms with Gasteiger partial charge in [0.25, 0.3) is 0 Å². The number of hydrogen-bond acceptors (Lipinski definition) is 0. The molecule has 2 aliphatic rings. The molecule has 1 aliphatic heterocycles. The van der Waals surface area contributed by atoms with E-state index in [4.69, 9.17) is 0 Å². The largest absolute Gasteiger partial charge is 0.309 e. The summed E-state index contributed by atoms with van der Waals surface area (Å²) in [5, 5.41) is 10.8. The minimum absolute atomic E-state index is 0.0000466. The first-order chi connectivity index (χ1) is 24.8. The van der Waals surface area contributed by atoms with Crippen LogP contribution in [0.2, 0.25) is 13.1 Å². The van der Waals surface area contributed by atoms with Gasteiger partial charge in [-0.25, -0.2) is 0 Å². The summed E-state index contributed by atoms with van der Waals surface area (Å²) in [4.78, 5) is 0. The van der Waals surface area contributed by atoms with E-state index >= 15 is 0 Å². The topological polar surface area (TPSA) is 4.93 Å². The second-order valence-corrected chi connectivity index (χ2v) is 20.1. The zero-order valence-electron chi connectivity index (χ0n) is 29.4. The Morgan fingerprint density at radius 2 is 1.16 bits per heavy atom. The summed E-state index contributed by atoms with van der Waals surface area (Å²) in [5.74, 6) is 0. The first-order valence-electron chi connectivity index (χ1n) is 18.2. The van der Waals surface area contributed by atoms with Crippen LogP contribution in [0.5, 0.6) is 0 Å². The second-order valence-electron chi connectivity index (χ2n) is 15.8. The lowest BCUT2D eigenvalue weighted by atomic mass is 9.82. The zero-order valence-corrected chi connectivity index (χ0v) is 30.4. The fraction of sp³-hybridized carbons (Fsp3) is 0.102. The van der Waals surface area contributed by atoms with Crippen LogP contribution in [0.25, 0.3) is 82.4 Å². The highest BCUT2D eigenvalue weighted by Gasteiger charge is 2.38. The van der Waals surface area contributed by atoms with E-state index in [1.54, 1.807) is 10.4 Å². The van der Waals surface area contributed by atoms with Crippen molar-refractivity contribution in [1.29, 1.82) is 0 Å². The van der Waals surface area contributed by atoms with Crippen LogP contribution in [-0.4, -0.2) is 12.6 Å². The number of para-hydroxylation sites is 1. The summed E-state index contributed by atoms with van der Waals surface area (Å²) in [7, 11) is -1.75. The Kier molecular flexibility index (Phi) is 5.68. The molecule has 0 atom stereocenters. The monoisotopic (exact) mass is 667 g/mol. The molecule has 8 aromatic carbocycles. The van der Waals surface area contributed by atoms with Gasteiger partial charge < -0.3 is 4.57 Å². The van der Waals surface area contributed by atoms with E-state index in [2.05, 4.69) is 183 Å². The lowest BCUT2D eigenvalue weighted by molar-refractivity contribution is 0.661. The van der Waals surface area contributed by atoms with Crippen molar-refractivity contribution in [3.63, 3.8) is 0 Å². The highest BCUT2D eigenvalue weighted by atomic mass is 28.3. The molecule has 0 saturated heterocycles. The van der Waals surface area contributed by atoms with Crippen LogP contribution in [-0.2, 0) is 5.41 Å². The molecule has 9 aromatic rings. The molecule has 51 heavy (non-hydrogen) atoms. The van der Waals surface area contributed by atoms with Crippen LogP contribution >= 0.6 is 0 Å². The average Bonchev–Trinajstić information content (AvgIpc) is 3.70. The Morgan fingerprint density at radius 3 is 2.06 bits per heavy atom. The quantitative estimate of drug-likeness (QED) is 0.128. The maximum absolute atomic E-state index is 2.50. The van der Waals surface area contributed by atoms with E-state index < -0.39 is 8.07 Å². The van der Waals surface area contributed by atoms with Crippen LogP contribution in [0.4, 0.5) is 0 Å². The Labute approximate surface area is 299 Å². The van der Waals surface area contributed by atoms with Crippen molar-refractivity contribution < 1.29 is 0 Å². The molecule has 0 amide bonds. The molecule has 0 fully saturated rings. The zero-order chi connectivity index (χ0) is 34.2. The third-order valence-electron chi connectivity index (χ3n) is 12.4. The van der Waals surface area contributed by atoms with Gasteiger partial charge in [0.1, 0.15) is 8.07 Å². The predicted octanol–water partition coefficient (Wildman–Crippen LogP) is 11.9. The van der Waals surface area contributed by atoms with Gasteiger partial charge in [-0.3, -0.25) is 0 Å². The number of benzene rings is 8. The van der Waals surface area contributed by atoms with Crippen molar-refractivity contribution in [2.24, 2.45) is 0 Å². The lowest BCUT2D eigenvalue weighted by Gasteiger charge is -2.21. The second kappa shape index (κ2) is 9.96. The number of aromatic nitrogens is 1.